The highest BCUT2D eigenvalue weighted by Gasteiger charge is 2.05. The van der Waals surface area contributed by atoms with Crippen LogP contribution in [-0.4, -0.2) is 16.9 Å². The molecule has 0 saturated carbocycles. The molecule has 0 aromatic heterocycles. The Balaban J connectivity index is 3.32. The Bertz CT molecular complexity index is 132. The van der Waals surface area contributed by atoms with Gasteiger partial charge >= 0.3 is 5.97 Å². The Morgan fingerprint density at radius 3 is 2.42 bits per heavy atom. The minimum atomic E-state index is -0.0850. The van der Waals surface area contributed by atoms with Crippen molar-refractivity contribution in [2.45, 2.75) is 51.0 Å². The lowest BCUT2D eigenvalue weighted by Gasteiger charge is -2.07. The number of ether oxygens (including phenoxy) is 1. The number of rotatable bonds is 5. The van der Waals surface area contributed by atoms with Crippen molar-refractivity contribution in [2.75, 3.05) is 0 Å². The first-order valence-corrected chi connectivity index (χ1v) is 5.27. The van der Waals surface area contributed by atoms with Gasteiger partial charge in [0.2, 0.25) is 0 Å². The summed E-state index contributed by atoms with van der Waals surface area (Å²) in [4.78, 5) is 11.5. The predicted molar refractivity (Wildman–Crippen MR) is 53.5 cm³/mol. The number of carbonyl (C=O) groups excluding carboxylic acids is 1. The van der Waals surface area contributed by atoms with E-state index in [9.17, 15) is 4.79 Å². The monoisotopic (exact) mass is 236 g/mol. The van der Waals surface area contributed by atoms with Gasteiger partial charge < -0.3 is 4.74 Å². The summed E-state index contributed by atoms with van der Waals surface area (Å²) >= 11 is 3.42. The number of carbonyl (C=O) groups is 1. The van der Waals surface area contributed by atoms with Crippen LogP contribution in [0.1, 0.15) is 40.0 Å². The SMILES string of the molecule is CC(C)OC(=O)CCC[C@H](C)Br. The lowest BCUT2D eigenvalue weighted by atomic mass is 10.2. The first kappa shape index (κ1) is 11.9. The van der Waals surface area contributed by atoms with Crippen LogP contribution in [0.5, 0.6) is 0 Å². The molecule has 0 aliphatic carbocycles. The Kier molecular flexibility index (Phi) is 6.44. The molecule has 0 bridgehead atoms. The predicted octanol–water partition coefficient (Wildman–Crippen LogP) is 2.89. The molecule has 0 unspecified atom stereocenters. The maximum absolute atomic E-state index is 11.0. The van der Waals surface area contributed by atoms with Gasteiger partial charge in [-0.3, -0.25) is 4.79 Å². The standard InChI is InChI=1S/C9H17BrO2/c1-7(2)12-9(11)6-4-5-8(3)10/h7-8H,4-6H2,1-3H3/t8-/m0/s1. The van der Waals surface area contributed by atoms with Crippen LogP contribution in [0.3, 0.4) is 0 Å². The van der Waals surface area contributed by atoms with Gasteiger partial charge in [-0.1, -0.05) is 22.9 Å². The van der Waals surface area contributed by atoms with E-state index in [1.807, 2.05) is 13.8 Å². The van der Waals surface area contributed by atoms with E-state index in [1.165, 1.54) is 0 Å². The van der Waals surface area contributed by atoms with Crippen LogP contribution in [0.2, 0.25) is 0 Å². The molecule has 0 amide bonds. The van der Waals surface area contributed by atoms with Crippen LogP contribution in [0.4, 0.5) is 0 Å². The molecule has 0 aliphatic heterocycles. The Morgan fingerprint density at radius 1 is 1.42 bits per heavy atom. The normalized spacial score (nSPS) is 13.1. The molecule has 0 spiro atoms. The second-order valence-corrected chi connectivity index (χ2v) is 4.77. The molecule has 0 N–H and O–H groups in total. The fourth-order valence-electron chi connectivity index (χ4n) is 0.849. The van der Waals surface area contributed by atoms with Crippen LogP contribution >= 0.6 is 15.9 Å². The van der Waals surface area contributed by atoms with E-state index >= 15 is 0 Å². The Hall–Kier alpha value is -0.0500. The van der Waals surface area contributed by atoms with Gasteiger partial charge in [-0.25, -0.2) is 0 Å². The number of esters is 1. The zero-order valence-electron chi connectivity index (χ0n) is 7.97. The van der Waals surface area contributed by atoms with Crippen LogP contribution < -0.4 is 0 Å². The molecule has 0 heterocycles. The third-order valence-electron chi connectivity index (χ3n) is 1.35. The summed E-state index contributed by atoms with van der Waals surface area (Å²) in [7, 11) is 0. The third kappa shape index (κ3) is 8.05. The highest BCUT2D eigenvalue weighted by Crippen LogP contribution is 2.09. The molecule has 0 aromatic rings. The fourth-order valence-corrected chi connectivity index (χ4v) is 1.17. The van der Waals surface area contributed by atoms with E-state index in [2.05, 4.69) is 22.9 Å². The Labute approximate surface area is 82.8 Å². The number of halogens is 1. The van der Waals surface area contributed by atoms with E-state index < -0.39 is 0 Å². The van der Waals surface area contributed by atoms with Crippen molar-refractivity contribution in [3.63, 3.8) is 0 Å². The molecule has 12 heavy (non-hydrogen) atoms. The molecular formula is C9H17BrO2. The van der Waals surface area contributed by atoms with Gasteiger partial charge in [-0.2, -0.15) is 0 Å². The summed E-state index contributed by atoms with van der Waals surface area (Å²) < 4.78 is 4.98. The quantitative estimate of drug-likeness (QED) is 0.542. The lowest BCUT2D eigenvalue weighted by Crippen LogP contribution is -2.11. The lowest BCUT2D eigenvalue weighted by molar-refractivity contribution is -0.147. The van der Waals surface area contributed by atoms with E-state index in [1.54, 1.807) is 0 Å². The van der Waals surface area contributed by atoms with Gasteiger partial charge in [0.05, 0.1) is 6.10 Å². The van der Waals surface area contributed by atoms with Gasteiger partial charge in [0.1, 0.15) is 0 Å². The molecule has 1 atom stereocenters. The average Bonchev–Trinajstić information content (AvgIpc) is 1.84. The van der Waals surface area contributed by atoms with Crippen molar-refractivity contribution in [3.05, 3.63) is 0 Å². The topological polar surface area (TPSA) is 26.3 Å². The van der Waals surface area contributed by atoms with Crippen LogP contribution in [-0.2, 0) is 9.53 Å². The smallest absolute Gasteiger partial charge is 0.306 e. The Morgan fingerprint density at radius 2 is 2.00 bits per heavy atom. The highest BCUT2D eigenvalue weighted by molar-refractivity contribution is 9.09. The summed E-state index contributed by atoms with van der Waals surface area (Å²) in [6.07, 6.45) is 2.47. The van der Waals surface area contributed by atoms with Crippen LogP contribution in [0, 0.1) is 0 Å². The molecule has 0 radical (unpaired) electrons. The zero-order chi connectivity index (χ0) is 9.56. The summed E-state index contributed by atoms with van der Waals surface area (Å²) in [5, 5.41) is 0. The molecule has 0 aromatic carbocycles. The van der Waals surface area contributed by atoms with E-state index in [0.29, 0.717) is 11.2 Å². The number of alkyl halides is 1. The largest absolute Gasteiger partial charge is 0.463 e. The molecular weight excluding hydrogens is 220 g/mol. The molecule has 0 rings (SSSR count). The van der Waals surface area contributed by atoms with E-state index in [4.69, 9.17) is 4.74 Å². The first-order chi connectivity index (χ1) is 5.52. The van der Waals surface area contributed by atoms with Gasteiger partial charge in [0, 0.05) is 11.2 Å². The van der Waals surface area contributed by atoms with Crippen molar-refractivity contribution in [1.29, 1.82) is 0 Å². The summed E-state index contributed by atoms with van der Waals surface area (Å²) in [5.41, 5.74) is 0. The van der Waals surface area contributed by atoms with Crippen LogP contribution in [0.25, 0.3) is 0 Å². The average molecular weight is 237 g/mol. The first-order valence-electron chi connectivity index (χ1n) is 4.36. The molecule has 3 heteroatoms. The van der Waals surface area contributed by atoms with Crippen molar-refractivity contribution in [2.24, 2.45) is 0 Å². The third-order valence-corrected chi connectivity index (χ3v) is 1.81. The zero-order valence-corrected chi connectivity index (χ0v) is 9.56. The van der Waals surface area contributed by atoms with Crippen molar-refractivity contribution >= 4 is 21.9 Å². The summed E-state index contributed by atoms with van der Waals surface area (Å²) in [6, 6.07) is 0. The van der Waals surface area contributed by atoms with Gasteiger partial charge in [-0.15, -0.1) is 0 Å². The highest BCUT2D eigenvalue weighted by atomic mass is 79.9. The van der Waals surface area contributed by atoms with Crippen LogP contribution in [0.15, 0.2) is 0 Å². The summed E-state index contributed by atoms with van der Waals surface area (Å²) in [6.45, 7) is 5.81. The molecule has 0 saturated heterocycles. The minimum Gasteiger partial charge on any atom is -0.463 e. The van der Waals surface area contributed by atoms with Gasteiger partial charge in [0.15, 0.2) is 0 Å². The second kappa shape index (κ2) is 6.46. The number of hydrogen-bond donors (Lipinski definition) is 0. The molecule has 2 nitrogen and oxygen atoms in total. The van der Waals surface area contributed by atoms with E-state index in [-0.39, 0.29) is 12.1 Å². The van der Waals surface area contributed by atoms with Crippen molar-refractivity contribution in [1.82, 2.24) is 0 Å². The molecule has 0 aliphatic rings. The maximum Gasteiger partial charge on any atom is 0.306 e. The molecule has 72 valence electrons. The second-order valence-electron chi connectivity index (χ2n) is 3.21. The summed E-state index contributed by atoms with van der Waals surface area (Å²) in [5.74, 6) is -0.0850. The minimum absolute atomic E-state index is 0.0129. The van der Waals surface area contributed by atoms with E-state index in [0.717, 1.165) is 12.8 Å². The number of hydrogen-bond acceptors (Lipinski definition) is 2. The maximum atomic E-state index is 11.0. The molecule has 0 fully saturated rings. The van der Waals surface area contributed by atoms with Gasteiger partial charge in [0.25, 0.3) is 0 Å². The van der Waals surface area contributed by atoms with Crippen molar-refractivity contribution < 1.29 is 9.53 Å². The van der Waals surface area contributed by atoms with Crippen molar-refractivity contribution in [3.8, 4) is 0 Å². The van der Waals surface area contributed by atoms with Gasteiger partial charge in [-0.05, 0) is 26.7 Å². The fraction of sp³-hybridized carbons (Fsp3) is 0.889.